The van der Waals surface area contributed by atoms with Gasteiger partial charge in [0.2, 0.25) is 0 Å². The van der Waals surface area contributed by atoms with Crippen molar-refractivity contribution < 1.29 is 18.9 Å². The van der Waals surface area contributed by atoms with Crippen molar-refractivity contribution in [3.63, 3.8) is 0 Å². The van der Waals surface area contributed by atoms with Crippen LogP contribution in [0.4, 0.5) is 0 Å². The fourth-order valence-electron chi connectivity index (χ4n) is 4.75. The molecular formula is C26H36N2O4. The van der Waals surface area contributed by atoms with Gasteiger partial charge in [0.1, 0.15) is 11.2 Å². The third kappa shape index (κ3) is 4.51. The quantitative estimate of drug-likeness (QED) is 0.559. The van der Waals surface area contributed by atoms with Gasteiger partial charge in [-0.1, -0.05) is 13.3 Å². The fourth-order valence-corrected chi connectivity index (χ4v) is 4.75. The van der Waals surface area contributed by atoms with Crippen LogP contribution in [-0.4, -0.2) is 44.6 Å². The smallest absolute Gasteiger partial charge is 0.164 e. The topological polar surface area (TPSA) is 54.2 Å². The highest BCUT2D eigenvalue weighted by molar-refractivity contribution is 5.75. The lowest BCUT2D eigenvalue weighted by molar-refractivity contribution is 0.0219. The fraction of sp³-hybridized carbons (Fsp3) is 0.577. The largest absolute Gasteiger partial charge is 0.493 e. The number of aromatic nitrogens is 1. The zero-order valence-electron chi connectivity index (χ0n) is 19.9. The number of nitrogens with zero attached hydrogens (tertiary/aromatic N) is 2. The number of hydrogen-bond donors (Lipinski definition) is 0. The maximum Gasteiger partial charge on any atom is 0.164 e. The number of methoxy groups -OCH3 is 2. The van der Waals surface area contributed by atoms with Crippen LogP contribution in [0.1, 0.15) is 50.2 Å². The van der Waals surface area contributed by atoms with Crippen molar-refractivity contribution in [2.75, 3.05) is 34.0 Å². The lowest BCUT2D eigenvalue weighted by atomic mass is 9.93. The second-order valence-electron chi connectivity index (χ2n) is 8.60. The average Bonchev–Trinajstić information content (AvgIpc) is 2.84. The first kappa shape index (κ1) is 22.7. The molecular weight excluding hydrogens is 404 g/mol. The number of pyridine rings is 1. The summed E-state index contributed by atoms with van der Waals surface area (Å²) in [6.07, 6.45) is 6.68. The summed E-state index contributed by atoms with van der Waals surface area (Å²) in [5.41, 5.74) is 5.61. The monoisotopic (exact) mass is 440 g/mol. The van der Waals surface area contributed by atoms with E-state index >= 15 is 0 Å². The van der Waals surface area contributed by atoms with Gasteiger partial charge >= 0.3 is 0 Å². The number of rotatable bonds is 8. The van der Waals surface area contributed by atoms with E-state index in [0.717, 1.165) is 84.8 Å². The van der Waals surface area contributed by atoms with Gasteiger partial charge in [-0.15, -0.1) is 0 Å². The van der Waals surface area contributed by atoms with Crippen LogP contribution in [0.25, 0.3) is 11.3 Å². The van der Waals surface area contributed by atoms with Gasteiger partial charge in [-0.2, -0.15) is 0 Å². The Hall–Kier alpha value is -2.47. The molecule has 6 heteroatoms. The molecule has 6 nitrogen and oxygen atoms in total. The van der Waals surface area contributed by atoms with E-state index in [1.807, 2.05) is 6.07 Å². The molecule has 3 heterocycles. The highest BCUT2D eigenvalue weighted by atomic mass is 16.5. The maximum atomic E-state index is 6.23. The molecule has 1 saturated heterocycles. The first-order valence-electron chi connectivity index (χ1n) is 11.9. The van der Waals surface area contributed by atoms with Crippen LogP contribution in [0.15, 0.2) is 23.2 Å². The molecule has 4 rings (SSSR count). The SMILES string of the molecule is CCCCOc1cc(=NCC2CCCCO2)n2c(c1C)-c1ccc(OC)c(OC)c1CC2. The summed E-state index contributed by atoms with van der Waals surface area (Å²) in [4.78, 5) is 5.02. The molecule has 1 unspecified atom stereocenters. The highest BCUT2D eigenvalue weighted by Gasteiger charge is 2.25. The lowest BCUT2D eigenvalue weighted by Crippen LogP contribution is -2.30. The first-order valence-corrected chi connectivity index (χ1v) is 11.9. The maximum absolute atomic E-state index is 6.23. The van der Waals surface area contributed by atoms with Crippen molar-refractivity contribution in [1.82, 2.24) is 4.57 Å². The summed E-state index contributed by atoms with van der Waals surface area (Å²) < 4.78 is 25.8. The van der Waals surface area contributed by atoms with Crippen LogP contribution >= 0.6 is 0 Å². The summed E-state index contributed by atoms with van der Waals surface area (Å²) in [7, 11) is 3.40. The molecule has 2 aliphatic heterocycles. The Kier molecular flexibility index (Phi) is 7.40. The van der Waals surface area contributed by atoms with Gasteiger partial charge < -0.3 is 23.5 Å². The molecule has 1 fully saturated rings. The summed E-state index contributed by atoms with van der Waals surface area (Å²) in [6.45, 7) is 7.42. The molecule has 0 amide bonds. The molecule has 1 atom stereocenters. The van der Waals surface area contributed by atoms with Crippen molar-refractivity contribution in [3.05, 3.63) is 34.8 Å². The molecule has 0 spiro atoms. The lowest BCUT2D eigenvalue weighted by Gasteiger charge is -2.28. The van der Waals surface area contributed by atoms with Gasteiger partial charge in [0.05, 0.1) is 39.2 Å². The second-order valence-corrected chi connectivity index (χ2v) is 8.60. The third-order valence-corrected chi connectivity index (χ3v) is 6.51. The van der Waals surface area contributed by atoms with Crippen LogP contribution < -0.4 is 19.7 Å². The van der Waals surface area contributed by atoms with Crippen LogP contribution in [-0.2, 0) is 17.7 Å². The van der Waals surface area contributed by atoms with E-state index in [2.05, 4.69) is 30.5 Å². The zero-order chi connectivity index (χ0) is 22.5. The van der Waals surface area contributed by atoms with E-state index in [4.69, 9.17) is 23.9 Å². The van der Waals surface area contributed by atoms with E-state index in [0.29, 0.717) is 13.2 Å². The molecule has 32 heavy (non-hydrogen) atoms. The average molecular weight is 441 g/mol. The predicted octanol–water partition coefficient (Wildman–Crippen LogP) is 4.69. The molecule has 0 saturated carbocycles. The third-order valence-electron chi connectivity index (χ3n) is 6.51. The molecule has 0 bridgehead atoms. The number of hydrogen-bond acceptors (Lipinski definition) is 5. The summed E-state index contributed by atoms with van der Waals surface area (Å²) in [6, 6.07) is 6.24. The molecule has 174 valence electrons. The molecule has 0 N–H and O–H groups in total. The molecule has 0 radical (unpaired) electrons. The molecule has 1 aromatic heterocycles. The van der Waals surface area contributed by atoms with Crippen LogP contribution in [0.2, 0.25) is 0 Å². The van der Waals surface area contributed by atoms with E-state index in [1.165, 1.54) is 12.0 Å². The van der Waals surface area contributed by atoms with Gasteiger partial charge in [-0.3, -0.25) is 4.99 Å². The normalized spacial score (nSPS) is 18.1. The van der Waals surface area contributed by atoms with E-state index < -0.39 is 0 Å². The first-order chi connectivity index (χ1) is 15.7. The minimum Gasteiger partial charge on any atom is -0.493 e. The molecule has 2 aliphatic rings. The van der Waals surface area contributed by atoms with Crippen LogP contribution in [0.5, 0.6) is 17.2 Å². The minimum atomic E-state index is 0.214. The summed E-state index contributed by atoms with van der Waals surface area (Å²) in [5.74, 6) is 2.50. The van der Waals surface area contributed by atoms with Gasteiger partial charge in [0, 0.05) is 35.9 Å². The highest BCUT2D eigenvalue weighted by Crippen LogP contribution is 2.42. The Bertz CT molecular complexity index is 1010. The number of unbranched alkanes of at least 4 members (excludes halogenated alkanes) is 1. The van der Waals surface area contributed by atoms with Crippen molar-refractivity contribution in [1.29, 1.82) is 0 Å². The minimum absolute atomic E-state index is 0.214. The number of fused-ring (bicyclic) bond motifs is 3. The Balaban J connectivity index is 1.82. The van der Waals surface area contributed by atoms with Crippen LogP contribution in [0.3, 0.4) is 0 Å². The summed E-state index contributed by atoms with van der Waals surface area (Å²) >= 11 is 0. The standard InChI is InChI=1S/C26H36N2O4/c1-5-6-14-32-23-16-24(27-17-19-9-7-8-15-31-19)28-13-12-21-20(25(28)18(23)2)10-11-22(29-3)26(21)30-4/h10-11,16,19H,5-9,12-15,17H2,1-4H3. The van der Waals surface area contributed by atoms with Gasteiger partial charge in [0.25, 0.3) is 0 Å². The van der Waals surface area contributed by atoms with Gasteiger partial charge in [-0.25, -0.2) is 0 Å². The molecule has 0 aliphatic carbocycles. The Morgan fingerprint density at radius 3 is 2.75 bits per heavy atom. The van der Waals surface area contributed by atoms with Crippen LogP contribution in [0, 0.1) is 6.92 Å². The summed E-state index contributed by atoms with van der Waals surface area (Å²) in [5, 5.41) is 0. The molecule has 1 aromatic carbocycles. The van der Waals surface area contributed by atoms with E-state index in [9.17, 15) is 0 Å². The Morgan fingerprint density at radius 2 is 2.03 bits per heavy atom. The van der Waals surface area contributed by atoms with Gasteiger partial charge in [-0.05, 0) is 51.2 Å². The Morgan fingerprint density at radius 1 is 1.16 bits per heavy atom. The van der Waals surface area contributed by atoms with Crippen molar-refractivity contribution >= 4 is 0 Å². The van der Waals surface area contributed by atoms with Crippen molar-refractivity contribution in [2.45, 2.75) is 65.0 Å². The van der Waals surface area contributed by atoms with Gasteiger partial charge in [0.15, 0.2) is 11.5 Å². The number of ether oxygens (including phenoxy) is 4. The zero-order valence-corrected chi connectivity index (χ0v) is 19.9. The molecule has 2 aromatic rings. The second kappa shape index (κ2) is 10.4. The predicted molar refractivity (Wildman–Crippen MR) is 126 cm³/mol. The Labute approximate surface area is 191 Å². The number of benzene rings is 1. The van der Waals surface area contributed by atoms with E-state index in [-0.39, 0.29) is 6.10 Å². The van der Waals surface area contributed by atoms with Crippen molar-refractivity contribution in [3.8, 4) is 28.5 Å². The van der Waals surface area contributed by atoms with E-state index in [1.54, 1.807) is 14.2 Å². The van der Waals surface area contributed by atoms with Crippen molar-refractivity contribution in [2.24, 2.45) is 4.99 Å².